The molecule has 0 spiro atoms. The average Bonchev–Trinajstić information content (AvgIpc) is 1.54. The second-order valence-electron chi connectivity index (χ2n) is 3.28. The molecule has 0 aromatic carbocycles. The number of hydrogen-bond donors (Lipinski definition) is 3. The number of hydrogen-bond acceptors (Lipinski definition) is 3. The van der Waals surface area contributed by atoms with Gasteiger partial charge in [0.05, 0.1) is 0 Å². The van der Waals surface area contributed by atoms with Crippen LogP contribution in [0.25, 0.3) is 0 Å². The zero-order valence-corrected chi connectivity index (χ0v) is 9.07. The molecule has 0 aromatic rings. The summed E-state index contributed by atoms with van der Waals surface area (Å²) in [5.74, 6) is 0. The molecule has 3 nitrogen and oxygen atoms in total. The van der Waals surface area contributed by atoms with Crippen LogP contribution in [0.5, 0.6) is 0 Å². The maximum Gasteiger partial charge on any atom is 0.0483 e. The molecular formula is C9H24O3. The highest BCUT2D eigenvalue weighted by molar-refractivity contribution is 4.21. The van der Waals surface area contributed by atoms with Gasteiger partial charge in [-0.05, 0) is 41.5 Å². The molecule has 3 heteroatoms. The summed E-state index contributed by atoms with van der Waals surface area (Å²) in [4.78, 5) is 0. The summed E-state index contributed by atoms with van der Waals surface area (Å²) >= 11 is 0. The minimum absolute atomic E-state index is 0.167. The lowest BCUT2D eigenvalue weighted by molar-refractivity contribution is 0.215. The van der Waals surface area contributed by atoms with Crippen LogP contribution in [0.1, 0.15) is 41.5 Å². The predicted octanol–water partition coefficient (Wildman–Crippen LogP) is 1.16. The highest BCUT2D eigenvalue weighted by Crippen LogP contribution is 1.65. The summed E-state index contributed by atoms with van der Waals surface area (Å²) in [5.41, 5.74) is 0. The van der Waals surface area contributed by atoms with Crippen LogP contribution in [0.2, 0.25) is 0 Å². The Bertz CT molecular complexity index is 38.3. The summed E-state index contributed by atoms with van der Waals surface area (Å²) in [6, 6.07) is 0. The molecule has 78 valence electrons. The van der Waals surface area contributed by atoms with Crippen molar-refractivity contribution >= 4 is 0 Å². The van der Waals surface area contributed by atoms with Crippen LogP contribution in [0.3, 0.4) is 0 Å². The molecule has 0 bridgehead atoms. The molecule has 0 aliphatic rings. The molecule has 0 heterocycles. The topological polar surface area (TPSA) is 60.7 Å². The molecule has 0 fully saturated rings. The Balaban J connectivity index is -0.000000101. The molecule has 12 heavy (non-hydrogen) atoms. The third-order valence-electron chi connectivity index (χ3n) is 0. The first-order chi connectivity index (χ1) is 5.20. The van der Waals surface area contributed by atoms with E-state index in [1.54, 1.807) is 41.5 Å². The van der Waals surface area contributed by atoms with Gasteiger partial charge in [-0.1, -0.05) is 0 Å². The van der Waals surface area contributed by atoms with Gasteiger partial charge in [-0.15, -0.1) is 0 Å². The number of aliphatic hydroxyl groups excluding tert-OH is 3. The molecular weight excluding hydrogens is 156 g/mol. The number of aliphatic hydroxyl groups is 3. The second-order valence-corrected chi connectivity index (χ2v) is 3.28. The molecule has 0 amide bonds. The van der Waals surface area contributed by atoms with E-state index in [9.17, 15) is 0 Å². The van der Waals surface area contributed by atoms with E-state index in [1.165, 1.54) is 0 Å². The standard InChI is InChI=1S/3C3H8O/c3*1-3(2)4/h3*3-4H,1-2H3. The minimum atomic E-state index is -0.167. The Kier molecular flexibility index (Phi) is 20.0. The molecule has 0 rings (SSSR count). The van der Waals surface area contributed by atoms with Gasteiger partial charge in [0.25, 0.3) is 0 Å². The zero-order chi connectivity index (χ0) is 10.7. The fourth-order valence-corrected chi connectivity index (χ4v) is 0. The van der Waals surface area contributed by atoms with Gasteiger partial charge in [0.1, 0.15) is 0 Å². The van der Waals surface area contributed by atoms with Crippen molar-refractivity contribution in [3.63, 3.8) is 0 Å². The van der Waals surface area contributed by atoms with E-state index in [0.717, 1.165) is 0 Å². The van der Waals surface area contributed by atoms with Crippen molar-refractivity contribution in [3.05, 3.63) is 0 Å². The van der Waals surface area contributed by atoms with Gasteiger partial charge < -0.3 is 15.3 Å². The predicted molar refractivity (Wildman–Crippen MR) is 52.1 cm³/mol. The summed E-state index contributed by atoms with van der Waals surface area (Å²) in [5, 5.41) is 24.2. The first-order valence-electron chi connectivity index (χ1n) is 4.24. The number of rotatable bonds is 0. The van der Waals surface area contributed by atoms with E-state index in [0.29, 0.717) is 0 Å². The van der Waals surface area contributed by atoms with E-state index in [4.69, 9.17) is 15.3 Å². The molecule has 0 saturated carbocycles. The fraction of sp³-hybridized carbons (Fsp3) is 1.00. The SMILES string of the molecule is CC(C)O.CC(C)O.CC(C)O. The van der Waals surface area contributed by atoms with Gasteiger partial charge in [0.15, 0.2) is 0 Å². The maximum absolute atomic E-state index is 8.06. The largest absolute Gasteiger partial charge is 0.394 e. The van der Waals surface area contributed by atoms with E-state index in [-0.39, 0.29) is 18.3 Å². The van der Waals surface area contributed by atoms with Crippen molar-refractivity contribution in [3.8, 4) is 0 Å². The Morgan fingerprint density at radius 1 is 0.500 bits per heavy atom. The van der Waals surface area contributed by atoms with E-state index in [2.05, 4.69) is 0 Å². The lowest BCUT2D eigenvalue weighted by atomic mass is 10.5. The van der Waals surface area contributed by atoms with Gasteiger partial charge in [-0.25, -0.2) is 0 Å². The molecule has 0 radical (unpaired) electrons. The van der Waals surface area contributed by atoms with Crippen LogP contribution in [0.4, 0.5) is 0 Å². The van der Waals surface area contributed by atoms with Crippen LogP contribution < -0.4 is 0 Å². The highest BCUT2D eigenvalue weighted by Gasteiger charge is 1.70. The molecule has 0 atom stereocenters. The molecule has 0 aliphatic carbocycles. The quantitative estimate of drug-likeness (QED) is 0.524. The molecule has 0 saturated heterocycles. The van der Waals surface area contributed by atoms with Gasteiger partial charge in [0.2, 0.25) is 0 Å². The summed E-state index contributed by atoms with van der Waals surface area (Å²) in [6.45, 7) is 10.3. The average molecular weight is 180 g/mol. The Morgan fingerprint density at radius 3 is 0.500 bits per heavy atom. The zero-order valence-electron chi connectivity index (χ0n) is 9.07. The Labute approximate surface area is 76.1 Å². The third kappa shape index (κ3) is 54100. The second kappa shape index (κ2) is 13.5. The van der Waals surface area contributed by atoms with Crippen molar-refractivity contribution in [1.82, 2.24) is 0 Å². The lowest BCUT2D eigenvalue weighted by Gasteiger charge is -1.80. The van der Waals surface area contributed by atoms with Crippen LogP contribution in [-0.2, 0) is 0 Å². The fourth-order valence-electron chi connectivity index (χ4n) is 0. The highest BCUT2D eigenvalue weighted by atomic mass is 16.3. The summed E-state index contributed by atoms with van der Waals surface area (Å²) in [7, 11) is 0. The van der Waals surface area contributed by atoms with Crippen LogP contribution in [0.15, 0.2) is 0 Å². The van der Waals surface area contributed by atoms with Crippen LogP contribution in [0, 0.1) is 0 Å². The van der Waals surface area contributed by atoms with Crippen molar-refractivity contribution in [2.45, 2.75) is 59.9 Å². The molecule has 0 aromatic heterocycles. The minimum Gasteiger partial charge on any atom is -0.394 e. The normalized spacial score (nSPS) is 9.00. The molecule has 0 aliphatic heterocycles. The van der Waals surface area contributed by atoms with Crippen molar-refractivity contribution < 1.29 is 15.3 Å². The smallest absolute Gasteiger partial charge is 0.0483 e. The molecule has 3 N–H and O–H groups in total. The van der Waals surface area contributed by atoms with Gasteiger partial charge >= 0.3 is 0 Å². The van der Waals surface area contributed by atoms with Crippen molar-refractivity contribution in [2.24, 2.45) is 0 Å². The van der Waals surface area contributed by atoms with E-state index < -0.39 is 0 Å². The van der Waals surface area contributed by atoms with Gasteiger partial charge in [0, 0.05) is 18.3 Å². The van der Waals surface area contributed by atoms with E-state index in [1.807, 2.05) is 0 Å². The first-order valence-corrected chi connectivity index (χ1v) is 4.24. The van der Waals surface area contributed by atoms with Crippen LogP contribution in [-0.4, -0.2) is 33.6 Å². The molecule has 0 unspecified atom stereocenters. The van der Waals surface area contributed by atoms with Crippen LogP contribution >= 0.6 is 0 Å². The van der Waals surface area contributed by atoms with Gasteiger partial charge in [-0.3, -0.25) is 0 Å². The van der Waals surface area contributed by atoms with Crippen molar-refractivity contribution in [1.29, 1.82) is 0 Å². The summed E-state index contributed by atoms with van der Waals surface area (Å²) < 4.78 is 0. The third-order valence-corrected chi connectivity index (χ3v) is 0. The maximum atomic E-state index is 8.06. The van der Waals surface area contributed by atoms with E-state index >= 15 is 0 Å². The Morgan fingerprint density at radius 2 is 0.500 bits per heavy atom. The first kappa shape index (κ1) is 17.8. The van der Waals surface area contributed by atoms with Gasteiger partial charge in [-0.2, -0.15) is 0 Å². The monoisotopic (exact) mass is 180 g/mol. The lowest BCUT2D eigenvalue weighted by Crippen LogP contribution is -1.85. The van der Waals surface area contributed by atoms with Crippen molar-refractivity contribution in [2.75, 3.05) is 0 Å². The Hall–Kier alpha value is -0.120. The summed E-state index contributed by atoms with van der Waals surface area (Å²) in [6.07, 6.45) is -0.500.